The monoisotopic (exact) mass is 287 g/mol. The van der Waals surface area contributed by atoms with E-state index in [1.165, 1.54) is 0 Å². The largest absolute Gasteiger partial charge is 0.504 e. The number of Topliss-reactive ketones (excluding diaryl/α,β-unsaturated/α-hetero) is 1. The van der Waals surface area contributed by atoms with Crippen molar-refractivity contribution in [3.8, 4) is 11.5 Å². The number of carbonyl (C=O) groups is 1. The SMILES string of the molecule is O=C1CC[C@@]2(O)C3Cc4ccc(O)c5c4[C@@]2(CCN3)[C@H]1O5. The van der Waals surface area contributed by atoms with Crippen LogP contribution in [0.4, 0.5) is 0 Å². The van der Waals surface area contributed by atoms with Crippen molar-refractivity contribution >= 4 is 5.78 Å². The molecule has 2 bridgehead atoms. The normalized spacial score (nSPS) is 42.4. The van der Waals surface area contributed by atoms with Crippen LogP contribution in [0.3, 0.4) is 0 Å². The number of phenolic OH excluding ortho intramolecular Hbond substituents is 1. The molecule has 2 heterocycles. The maximum absolute atomic E-state index is 12.4. The lowest BCUT2D eigenvalue weighted by atomic mass is 9.49. The number of ether oxygens (including phenoxy) is 1. The number of rotatable bonds is 0. The first-order chi connectivity index (χ1) is 10.1. The highest BCUT2D eigenvalue weighted by molar-refractivity contribution is 5.90. The molecular formula is C16H17NO4. The fraction of sp³-hybridized carbons (Fsp3) is 0.562. The maximum atomic E-state index is 12.4. The van der Waals surface area contributed by atoms with Crippen molar-refractivity contribution < 1.29 is 19.7 Å². The Labute approximate surface area is 121 Å². The molecule has 1 aromatic rings. The number of hydrogen-bond donors (Lipinski definition) is 3. The van der Waals surface area contributed by atoms with Crippen LogP contribution in [0.2, 0.25) is 0 Å². The summed E-state index contributed by atoms with van der Waals surface area (Å²) in [6.07, 6.45) is 1.54. The van der Waals surface area contributed by atoms with E-state index in [9.17, 15) is 15.0 Å². The molecule has 110 valence electrons. The van der Waals surface area contributed by atoms with Gasteiger partial charge in [0.15, 0.2) is 23.4 Å². The average molecular weight is 287 g/mol. The van der Waals surface area contributed by atoms with Gasteiger partial charge in [0.25, 0.3) is 0 Å². The van der Waals surface area contributed by atoms with Crippen LogP contribution in [0.15, 0.2) is 12.1 Å². The summed E-state index contributed by atoms with van der Waals surface area (Å²) in [5, 5.41) is 25.0. The van der Waals surface area contributed by atoms with Crippen molar-refractivity contribution in [2.45, 2.75) is 48.8 Å². The minimum atomic E-state index is -0.962. The summed E-state index contributed by atoms with van der Waals surface area (Å²) in [5.41, 5.74) is 0.332. The Hall–Kier alpha value is -1.59. The predicted octanol–water partition coefficient (Wildman–Crippen LogP) is 0.403. The predicted molar refractivity (Wildman–Crippen MR) is 73.5 cm³/mol. The van der Waals surface area contributed by atoms with E-state index in [1.807, 2.05) is 6.07 Å². The van der Waals surface area contributed by atoms with Gasteiger partial charge in [-0.05, 0) is 37.4 Å². The third-order valence-corrected chi connectivity index (χ3v) is 6.08. The third-order valence-electron chi connectivity index (χ3n) is 6.08. The van der Waals surface area contributed by atoms with Crippen LogP contribution in [-0.2, 0) is 16.6 Å². The molecule has 2 aliphatic carbocycles. The number of carbonyl (C=O) groups excluding carboxylic acids is 1. The smallest absolute Gasteiger partial charge is 0.174 e. The van der Waals surface area contributed by atoms with Crippen molar-refractivity contribution in [1.29, 1.82) is 0 Å². The van der Waals surface area contributed by atoms with Crippen LogP contribution < -0.4 is 10.1 Å². The molecule has 5 nitrogen and oxygen atoms in total. The Morgan fingerprint density at radius 2 is 2.19 bits per heavy atom. The van der Waals surface area contributed by atoms with Gasteiger partial charge in [-0.15, -0.1) is 0 Å². The molecular weight excluding hydrogens is 270 g/mol. The van der Waals surface area contributed by atoms with Crippen LogP contribution in [-0.4, -0.2) is 40.3 Å². The molecule has 4 aliphatic rings. The van der Waals surface area contributed by atoms with Gasteiger partial charge in [0.1, 0.15) is 0 Å². The fourth-order valence-corrected chi connectivity index (χ4v) is 5.22. The standard InChI is InChI=1S/C16H17NO4/c18-9-2-1-8-7-11-16(20)4-3-10(19)14-15(16,5-6-17-11)12(8)13(9)21-14/h1-2,11,14,17-18,20H,3-7H2/t11?,14-,15-,16+/m0/s1. The lowest BCUT2D eigenvalue weighted by molar-refractivity contribution is -0.166. The molecule has 1 saturated carbocycles. The minimum absolute atomic E-state index is 0.0452. The molecule has 0 radical (unpaired) electrons. The van der Waals surface area contributed by atoms with Crippen molar-refractivity contribution in [1.82, 2.24) is 5.32 Å². The number of aliphatic hydroxyl groups is 1. The first-order valence-corrected chi connectivity index (χ1v) is 7.58. The summed E-state index contributed by atoms with van der Waals surface area (Å²) in [6, 6.07) is 3.49. The van der Waals surface area contributed by atoms with E-state index in [4.69, 9.17) is 4.74 Å². The first-order valence-electron chi connectivity index (χ1n) is 7.58. The van der Waals surface area contributed by atoms with Gasteiger partial charge in [-0.25, -0.2) is 0 Å². The van der Waals surface area contributed by atoms with Crippen molar-refractivity contribution in [3.63, 3.8) is 0 Å². The Morgan fingerprint density at radius 1 is 1.33 bits per heavy atom. The highest BCUT2D eigenvalue weighted by Crippen LogP contribution is 2.63. The zero-order chi connectivity index (χ0) is 14.4. The van der Waals surface area contributed by atoms with E-state index >= 15 is 0 Å². The summed E-state index contributed by atoms with van der Waals surface area (Å²) in [4.78, 5) is 12.4. The van der Waals surface area contributed by atoms with Crippen LogP contribution in [0, 0.1) is 0 Å². The molecule has 2 aliphatic heterocycles. The summed E-state index contributed by atoms with van der Waals surface area (Å²) in [5.74, 6) is 0.542. The highest BCUT2D eigenvalue weighted by Gasteiger charge is 2.71. The van der Waals surface area contributed by atoms with Gasteiger partial charge in [0, 0.05) is 18.0 Å². The molecule has 2 fully saturated rings. The summed E-state index contributed by atoms with van der Waals surface area (Å²) in [7, 11) is 0. The van der Waals surface area contributed by atoms with E-state index in [2.05, 4.69) is 5.32 Å². The van der Waals surface area contributed by atoms with Crippen LogP contribution >= 0.6 is 0 Å². The molecule has 21 heavy (non-hydrogen) atoms. The molecule has 1 spiro atoms. The number of benzene rings is 1. The average Bonchev–Trinajstić information content (AvgIpc) is 2.80. The summed E-state index contributed by atoms with van der Waals surface area (Å²) >= 11 is 0. The van der Waals surface area contributed by atoms with Gasteiger partial charge in [0.05, 0.1) is 11.0 Å². The summed E-state index contributed by atoms with van der Waals surface area (Å²) < 4.78 is 5.90. The number of piperidine rings is 1. The zero-order valence-electron chi connectivity index (χ0n) is 11.6. The number of nitrogens with one attached hydrogen (secondary N) is 1. The molecule has 0 amide bonds. The Kier molecular flexibility index (Phi) is 1.95. The van der Waals surface area contributed by atoms with E-state index in [1.54, 1.807) is 6.07 Å². The van der Waals surface area contributed by atoms with Gasteiger partial charge in [0.2, 0.25) is 0 Å². The number of ketones is 1. The van der Waals surface area contributed by atoms with Crippen LogP contribution in [0.25, 0.3) is 0 Å². The second-order valence-electron chi connectivity index (χ2n) is 6.77. The molecule has 3 N–H and O–H groups in total. The Morgan fingerprint density at radius 3 is 3.05 bits per heavy atom. The van der Waals surface area contributed by atoms with Crippen molar-refractivity contribution in [2.75, 3.05) is 6.54 Å². The second kappa shape index (κ2) is 3.42. The summed E-state index contributed by atoms with van der Waals surface area (Å²) in [6.45, 7) is 0.759. The fourth-order valence-electron chi connectivity index (χ4n) is 5.22. The molecule has 5 rings (SSSR count). The second-order valence-corrected chi connectivity index (χ2v) is 6.77. The van der Waals surface area contributed by atoms with Crippen molar-refractivity contribution in [3.05, 3.63) is 23.3 Å². The Balaban J connectivity index is 1.89. The van der Waals surface area contributed by atoms with E-state index in [0.717, 1.165) is 17.7 Å². The lowest BCUT2D eigenvalue weighted by Crippen LogP contribution is -2.76. The number of aromatic hydroxyl groups is 1. The number of hydrogen-bond acceptors (Lipinski definition) is 5. The van der Waals surface area contributed by atoms with E-state index in [0.29, 0.717) is 31.4 Å². The zero-order valence-corrected chi connectivity index (χ0v) is 11.6. The molecule has 5 heteroatoms. The van der Waals surface area contributed by atoms with Gasteiger partial charge in [-0.1, -0.05) is 6.07 Å². The van der Waals surface area contributed by atoms with Crippen LogP contribution in [0.1, 0.15) is 30.4 Å². The molecule has 1 aromatic carbocycles. The highest BCUT2D eigenvalue weighted by atomic mass is 16.5. The first kappa shape index (κ1) is 12.0. The third kappa shape index (κ3) is 1.09. The van der Waals surface area contributed by atoms with E-state index < -0.39 is 17.1 Å². The van der Waals surface area contributed by atoms with Gasteiger partial charge < -0.3 is 20.3 Å². The minimum Gasteiger partial charge on any atom is -0.504 e. The topological polar surface area (TPSA) is 78.8 Å². The van der Waals surface area contributed by atoms with Gasteiger partial charge >= 0.3 is 0 Å². The van der Waals surface area contributed by atoms with Gasteiger partial charge in [-0.3, -0.25) is 4.79 Å². The quantitative estimate of drug-likeness (QED) is 0.644. The lowest BCUT2D eigenvalue weighted by Gasteiger charge is -2.59. The Bertz CT molecular complexity index is 687. The van der Waals surface area contributed by atoms with Crippen molar-refractivity contribution in [2.24, 2.45) is 0 Å². The molecule has 1 unspecified atom stereocenters. The molecule has 0 aromatic heterocycles. The van der Waals surface area contributed by atoms with Crippen LogP contribution in [0.5, 0.6) is 11.5 Å². The maximum Gasteiger partial charge on any atom is 0.174 e. The number of phenols is 1. The molecule has 4 atom stereocenters. The van der Waals surface area contributed by atoms with E-state index in [-0.39, 0.29) is 17.6 Å². The molecule has 1 saturated heterocycles. The van der Waals surface area contributed by atoms with Gasteiger partial charge in [-0.2, -0.15) is 0 Å².